The number of likely N-dealkylation sites (N-methyl/N-ethyl adjacent to an activating group) is 1. The molecule has 0 bridgehead atoms. The Labute approximate surface area is 199 Å². The number of carbonyl (C=O) groups is 3. The van der Waals surface area contributed by atoms with Gasteiger partial charge < -0.3 is 20.3 Å². The molecule has 1 aromatic carbocycles. The molecule has 0 aromatic heterocycles. The van der Waals surface area contributed by atoms with Crippen molar-refractivity contribution in [1.82, 2.24) is 25.3 Å². The Hall–Kier alpha value is -2.78. The lowest BCUT2D eigenvalue weighted by Crippen LogP contribution is -2.57. The Morgan fingerprint density at radius 2 is 1.97 bits per heavy atom. The van der Waals surface area contributed by atoms with Crippen molar-refractivity contribution in [3.63, 3.8) is 0 Å². The Bertz CT molecular complexity index is 937. The zero-order valence-electron chi connectivity index (χ0n) is 19.6. The van der Waals surface area contributed by atoms with E-state index in [1.54, 1.807) is 32.2 Å². The van der Waals surface area contributed by atoms with Crippen LogP contribution in [0, 0.1) is 0 Å². The van der Waals surface area contributed by atoms with Crippen molar-refractivity contribution in [2.24, 2.45) is 0 Å². The van der Waals surface area contributed by atoms with Gasteiger partial charge in [0.1, 0.15) is 0 Å². The fourth-order valence-electron chi connectivity index (χ4n) is 4.28. The summed E-state index contributed by atoms with van der Waals surface area (Å²) in [5, 5.41) is 6.19. The zero-order chi connectivity index (χ0) is 24.1. The van der Waals surface area contributed by atoms with E-state index in [1.807, 2.05) is 24.8 Å². The Morgan fingerprint density at radius 3 is 2.61 bits per heavy atom. The van der Waals surface area contributed by atoms with E-state index in [0.29, 0.717) is 54.6 Å². The highest BCUT2D eigenvalue weighted by Crippen LogP contribution is 2.34. The monoisotopic (exact) mass is 477 g/mol. The van der Waals surface area contributed by atoms with Gasteiger partial charge >= 0.3 is 18.0 Å². The van der Waals surface area contributed by atoms with Crippen molar-refractivity contribution in [3.05, 3.63) is 46.1 Å². The molecule has 2 aliphatic heterocycles. The molecule has 0 spiro atoms. The summed E-state index contributed by atoms with van der Waals surface area (Å²) >= 11 is 6.43. The van der Waals surface area contributed by atoms with Crippen molar-refractivity contribution in [2.45, 2.75) is 32.9 Å². The van der Waals surface area contributed by atoms with E-state index in [-0.39, 0.29) is 24.7 Å². The largest absolute Gasteiger partial charge is 0.463 e. The predicted octanol–water partition coefficient (Wildman–Crippen LogP) is 2.59. The molecule has 0 saturated carbocycles. The highest BCUT2D eigenvalue weighted by atomic mass is 35.5. The lowest BCUT2D eigenvalue weighted by Gasteiger charge is -2.42. The Kier molecular flexibility index (Phi) is 8.20. The molecule has 0 aliphatic carbocycles. The van der Waals surface area contributed by atoms with Gasteiger partial charge in [0.15, 0.2) is 0 Å². The van der Waals surface area contributed by atoms with Crippen LogP contribution < -0.4 is 10.6 Å². The fraction of sp³-hybridized carbons (Fsp3) is 0.522. The first-order valence-electron chi connectivity index (χ1n) is 11.2. The van der Waals surface area contributed by atoms with Crippen molar-refractivity contribution in [1.29, 1.82) is 0 Å². The molecule has 1 fully saturated rings. The predicted molar refractivity (Wildman–Crippen MR) is 126 cm³/mol. The van der Waals surface area contributed by atoms with Gasteiger partial charge in [-0.1, -0.05) is 29.8 Å². The molecule has 3 rings (SSSR count). The molecule has 180 valence electrons. The molecule has 1 saturated heterocycles. The number of nitrogens with one attached hydrogen (secondary N) is 2. The summed E-state index contributed by atoms with van der Waals surface area (Å²) in [6.07, 6.45) is 0. The molecule has 33 heavy (non-hydrogen) atoms. The van der Waals surface area contributed by atoms with Crippen LogP contribution in [0.15, 0.2) is 35.5 Å². The van der Waals surface area contributed by atoms with E-state index in [2.05, 4.69) is 15.5 Å². The van der Waals surface area contributed by atoms with Crippen LogP contribution in [0.3, 0.4) is 0 Å². The number of halogens is 1. The summed E-state index contributed by atoms with van der Waals surface area (Å²) in [6.45, 7) is 8.57. The second-order valence-electron chi connectivity index (χ2n) is 8.16. The lowest BCUT2D eigenvalue weighted by molar-refractivity contribution is -0.139. The van der Waals surface area contributed by atoms with Gasteiger partial charge in [0.2, 0.25) is 0 Å². The maximum absolute atomic E-state index is 13.1. The zero-order valence-corrected chi connectivity index (χ0v) is 20.3. The third-order valence-electron chi connectivity index (χ3n) is 5.96. The number of hydrogen-bond acceptors (Lipinski definition) is 5. The molecule has 1 aromatic rings. The number of nitrogens with zero attached hydrogens (tertiary/aromatic N) is 3. The number of ether oxygens (including phenoxy) is 1. The SMILES string of the molecule is CCNC(=O)N1CCN(CC2=C(C(=O)OCC)[C@H](c3ccccc3Cl)NC(=O)N2C)C[C@@H]1C. The van der Waals surface area contributed by atoms with E-state index in [4.69, 9.17) is 16.3 Å². The lowest BCUT2D eigenvalue weighted by atomic mass is 9.94. The number of benzene rings is 1. The minimum Gasteiger partial charge on any atom is -0.463 e. The van der Waals surface area contributed by atoms with Crippen LogP contribution in [-0.4, -0.2) is 85.2 Å². The summed E-state index contributed by atoms with van der Waals surface area (Å²) < 4.78 is 5.37. The van der Waals surface area contributed by atoms with Gasteiger partial charge in [0.05, 0.1) is 18.2 Å². The molecule has 0 unspecified atom stereocenters. The molecule has 9 nitrogen and oxygen atoms in total. The molecule has 4 amide bonds. The van der Waals surface area contributed by atoms with E-state index < -0.39 is 12.0 Å². The van der Waals surface area contributed by atoms with E-state index in [0.717, 1.165) is 0 Å². The van der Waals surface area contributed by atoms with Gasteiger partial charge in [0.25, 0.3) is 0 Å². The molecular weight excluding hydrogens is 446 g/mol. The second-order valence-corrected chi connectivity index (χ2v) is 8.56. The molecule has 2 heterocycles. The van der Waals surface area contributed by atoms with Crippen LogP contribution in [0.4, 0.5) is 9.59 Å². The fourth-order valence-corrected chi connectivity index (χ4v) is 4.53. The summed E-state index contributed by atoms with van der Waals surface area (Å²) in [4.78, 5) is 43.7. The van der Waals surface area contributed by atoms with Crippen LogP contribution >= 0.6 is 11.6 Å². The number of piperazine rings is 1. The highest BCUT2D eigenvalue weighted by molar-refractivity contribution is 6.31. The van der Waals surface area contributed by atoms with E-state index in [9.17, 15) is 14.4 Å². The van der Waals surface area contributed by atoms with Crippen LogP contribution in [0.5, 0.6) is 0 Å². The first-order chi connectivity index (χ1) is 15.8. The van der Waals surface area contributed by atoms with Crippen molar-refractivity contribution < 1.29 is 19.1 Å². The number of esters is 1. The number of urea groups is 2. The van der Waals surface area contributed by atoms with E-state index >= 15 is 0 Å². The van der Waals surface area contributed by atoms with E-state index in [1.165, 1.54) is 4.90 Å². The summed E-state index contributed by atoms with van der Waals surface area (Å²) in [5.41, 5.74) is 1.57. The molecule has 0 radical (unpaired) electrons. The van der Waals surface area contributed by atoms with Crippen molar-refractivity contribution >= 4 is 29.6 Å². The van der Waals surface area contributed by atoms with Gasteiger partial charge in [-0.3, -0.25) is 9.80 Å². The second kappa shape index (κ2) is 10.9. The number of amides is 4. The topological polar surface area (TPSA) is 94.2 Å². The van der Waals surface area contributed by atoms with Gasteiger partial charge in [-0.15, -0.1) is 0 Å². The van der Waals surface area contributed by atoms with Crippen molar-refractivity contribution in [3.8, 4) is 0 Å². The summed E-state index contributed by atoms with van der Waals surface area (Å²) in [7, 11) is 1.64. The number of carbonyl (C=O) groups excluding carboxylic acids is 3. The molecular formula is C23H32ClN5O4. The minimum absolute atomic E-state index is 0.0148. The average molecular weight is 478 g/mol. The average Bonchev–Trinajstić information content (AvgIpc) is 2.77. The quantitative estimate of drug-likeness (QED) is 0.614. The standard InChI is InChI=1S/C23H32ClN5O4/c1-5-25-22(31)29-12-11-28(13-15(29)3)14-18-19(21(30)33-6-2)20(26-23(32)27(18)4)16-9-7-8-10-17(16)24/h7-10,15,20H,5-6,11-14H2,1-4H3,(H,25,31)(H,26,32)/t15-,20-/m0/s1. The number of rotatable bonds is 6. The smallest absolute Gasteiger partial charge is 0.338 e. The molecule has 2 N–H and O–H groups in total. The normalized spacial score (nSPS) is 21.7. The summed E-state index contributed by atoms with van der Waals surface area (Å²) in [5.74, 6) is -0.488. The van der Waals surface area contributed by atoms with Gasteiger partial charge in [-0.25, -0.2) is 14.4 Å². The minimum atomic E-state index is -0.717. The van der Waals surface area contributed by atoms with Crippen LogP contribution in [0.1, 0.15) is 32.4 Å². The van der Waals surface area contributed by atoms with Crippen LogP contribution in [0.2, 0.25) is 5.02 Å². The Balaban J connectivity index is 1.94. The molecule has 2 aliphatic rings. The first kappa shape index (κ1) is 24.9. The van der Waals surface area contributed by atoms with Gasteiger partial charge in [-0.05, 0) is 32.4 Å². The van der Waals surface area contributed by atoms with Crippen LogP contribution in [0.25, 0.3) is 0 Å². The first-order valence-corrected chi connectivity index (χ1v) is 11.6. The van der Waals surface area contributed by atoms with Crippen LogP contribution in [-0.2, 0) is 9.53 Å². The van der Waals surface area contributed by atoms with Crippen molar-refractivity contribution in [2.75, 3.05) is 46.4 Å². The summed E-state index contributed by atoms with van der Waals surface area (Å²) in [6, 6.07) is 6.00. The van der Waals surface area contributed by atoms with Gasteiger partial charge in [0, 0.05) is 56.5 Å². The highest BCUT2D eigenvalue weighted by Gasteiger charge is 2.39. The number of hydrogen-bond donors (Lipinski definition) is 2. The Morgan fingerprint density at radius 1 is 1.24 bits per heavy atom. The van der Waals surface area contributed by atoms with Gasteiger partial charge in [-0.2, -0.15) is 0 Å². The molecule has 10 heteroatoms. The third kappa shape index (κ3) is 5.42. The maximum atomic E-state index is 13.1. The maximum Gasteiger partial charge on any atom is 0.338 e. The molecule has 2 atom stereocenters. The third-order valence-corrected chi connectivity index (χ3v) is 6.31.